The highest BCUT2D eigenvalue weighted by Gasteiger charge is 2.09. The summed E-state index contributed by atoms with van der Waals surface area (Å²) < 4.78 is 0. The lowest BCUT2D eigenvalue weighted by atomic mass is 10.4. The molecular weight excluding hydrogens is 140 g/mol. The summed E-state index contributed by atoms with van der Waals surface area (Å²) in [5.74, 6) is 0. The molecule has 0 aromatic heterocycles. The Hall–Kier alpha value is -0.120. The molecule has 66 valence electrons. The Morgan fingerprint density at radius 3 is 2.55 bits per heavy atom. The van der Waals surface area contributed by atoms with E-state index >= 15 is 0 Å². The molecule has 0 bridgehead atoms. The lowest BCUT2D eigenvalue weighted by molar-refractivity contribution is 0.282. The van der Waals surface area contributed by atoms with Gasteiger partial charge in [-0.15, -0.1) is 0 Å². The van der Waals surface area contributed by atoms with Crippen LogP contribution in [0.3, 0.4) is 0 Å². The molecule has 1 heterocycles. The number of aliphatic hydroxyl groups is 1. The number of likely N-dealkylation sites (tertiary alicyclic amines) is 1. The second-order valence-corrected chi connectivity index (χ2v) is 3.02. The van der Waals surface area contributed by atoms with E-state index in [0.29, 0.717) is 0 Å². The van der Waals surface area contributed by atoms with Crippen molar-refractivity contribution in [2.75, 3.05) is 39.3 Å². The summed E-state index contributed by atoms with van der Waals surface area (Å²) in [5.41, 5.74) is 0. The van der Waals surface area contributed by atoms with Crippen LogP contribution in [0.25, 0.3) is 0 Å². The monoisotopic (exact) mass is 158 g/mol. The average molecular weight is 158 g/mol. The lowest BCUT2D eigenvalue weighted by Crippen LogP contribution is -2.31. The van der Waals surface area contributed by atoms with Crippen molar-refractivity contribution in [1.29, 1.82) is 0 Å². The zero-order chi connectivity index (χ0) is 7.94. The summed E-state index contributed by atoms with van der Waals surface area (Å²) in [5, 5.41) is 11.7. The van der Waals surface area contributed by atoms with Crippen LogP contribution in [0.4, 0.5) is 0 Å². The third kappa shape index (κ3) is 3.70. The molecule has 0 unspecified atom stereocenters. The maximum absolute atomic E-state index is 8.48. The quantitative estimate of drug-likeness (QED) is 0.538. The third-order valence-electron chi connectivity index (χ3n) is 2.09. The highest BCUT2D eigenvalue weighted by atomic mass is 16.3. The van der Waals surface area contributed by atoms with Crippen molar-refractivity contribution in [3.8, 4) is 0 Å². The number of rotatable bonds is 5. The van der Waals surface area contributed by atoms with E-state index in [0.717, 1.165) is 19.6 Å². The minimum Gasteiger partial charge on any atom is -0.395 e. The van der Waals surface area contributed by atoms with Crippen molar-refractivity contribution < 1.29 is 5.11 Å². The second kappa shape index (κ2) is 5.52. The first-order valence-corrected chi connectivity index (χ1v) is 4.47. The molecule has 0 atom stereocenters. The van der Waals surface area contributed by atoms with E-state index in [9.17, 15) is 0 Å². The minimum atomic E-state index is 0.250. The summed E-state index contributed by atoms with van der Waals surface area (Å²) >= 11 is 0. The number of hydrogen-bond donors (Lipinski definition) is 2. The van der Waals surface area contributed by atoms with Crippen LogP contribution in [-0.2, 0) is 0 Å². The highest BCUT2D eigenvalue weighted by Crippen LogP contribution is 2.05. The number of nitrogens with one attached hydrogen (secondary N) is 1. The van der Waals surface area contributed by atoms with Gasteiger partial charge in [-0.3, -0.25) is 0 Å². The van der Waals surface area contributed by atoms with Gasteiger partial charge < -0.3 is 15.3 Å². The zero-order valence-corrected chi connectivity index (χ0v) is 7.05. The first kappa shape index (κ1) is 8.97. The van der Waals surface area contributed by atoms with E-state index in [-0.39, 0.29) is 6.61 Å². The summed E-state index contributed by atoms with van der Waals surface area (Å²) in [7, 11) is 0. The van der Waals surface area contributed by atoms with Crippen LogP contribution in [0.15, 0.2) is 0 Å². The fourth-order valence-corrected chi connectivity index (χ4v) is 1.45. The SMILES string of the molecule is OCCNCCN1CCCC1. The van der Waals surface area contributed by atoms with Crippen molar-refractivity contribution in [3.05, 3.63) is 0 Å². The molecule has 0 amide bonds. The second-order valence-electron chi connectivity index (χ2n) is 3.02. The predicted octanol–water partition coefficient (Wildman–Crippen LogP) is -0.336. The minimum absolute atomic E-state index is 0.250. The lowest BCUT2D eigenvalue weighted by Gasteiger charge is -2.13. The summed E-state index contributed by atoms with van der Waals surface area (Å²) in [6.45, 7) is 5.66. The maximum atomic E-state index is 8.48. The standard InChI is InChI=1S/C8H18N2O/c11-8-4-9-3-7-10-5-1-2-6-10/h9,11H,1-8H2. The Kier molecular flexibility index (Phi) is 4.50. The molecule has 0 aliphatic carbocycles. The molecule has 1 fully saturated rings. The van der Waals surface area contributed by atoms with Crippen LogP contribution in [0, 0.1) is 0 Å². The van der Waals surface area contributed by atoms with Gasteiger partial charge in [0, 0.05) is 19.6 Å². The largest absolute Gasteiger partial charge is 0.395 e. The molecule has 1 rings (SSSR count). The third-order valence-corrected chi connectivity index (χ3v) is 2.09. The molecule has 0 aromatic rings. The molecule has 1 saturated heterocycles. The molecule has 0 spiro atoms. The van der Waals surface area contributed by atoms with Gasteiger partial charge in [0.05, 0.1) is 6.61 Å². The van der Waals surface area contributed by atoms with Crippen molar-refractivity contribution in [1.82, 2.24) is 10.2 Å². The average Bonchev–Trinajstić information content (AvgIpc) is 2.50. The molecule has 0 aromatic carbocycles. The van der Waals surface area contributed by atoms with Crippen LogP contribution in [0.1, 0.15) is 12.8 Å². The molecule has 3 nitrogen and oxygen atoms in total. The van der Waals surface area contributed by atoms with Crippen molar-refractivity contribution >= 4 is 0 Å². The van der Waals surface area contributed by atoms with Gasteiger partial charge in [-0.05, 0) is 25.9 Å². The van der Waals surface area contributed by atoms with Crippen LogP contribution < -0.4 is 5.32 Å². The van der Waals surface area contributed by atoms with Crippen LogP contribution in [0.2, 0.25) is 0 Å². The molecular formula is C8H18N2O. The van der Waals surface area contributed by atoms with E-state index in [4.69, 9.17) is 5.11 Å². The van der Waals surface area contributed by atoms with Crippen LogP contribution in [0.5, 0.6) is 0 Å². The van der Waals surface area contributed by atoms with E-state index in [1.807, 2.05) is 0 Å². The Bertz CT molecular complexity index is 92.1. The Balaban J connectivity index is 1.86. The van der Waals surface area contributed by atoms with E-state index in [1.165, 1.54) is 25.9 Å². The van der Waals surface area contributed by atoms with Gasteiger partial charge in [0.2, 0.25) is 0 Å². The highest BCUT2D eigenvalue weighted by molar-refractivity contribution is 4.66. The van der Waals surface area contributed by atoms with Gasteiger partial charge in [0.25, 0.3) is 0 Å². The Labute approximate surface area is 68.4 Å². The van der Waals surface area contributed by atoms with Crippen molar-refractivity contribution in [2.24, 2.45) is 0 Å². The van der Waals surface area contributed by atoms with Crippen molar-refractivity contribution in [3.63, 3.8) is 0 Å². The van der Waals surface area contributed by atoms with E-state index < -0.39 is 0 Å². The first-order chi connectivity index (χ1) is 5.43. The van der Waals surface area contributed by atoms with Crippen LogP contribution in [-0.4, -0.2) is 49.3 Å². The molecule has 2 N–H and O–H groups in total. The predicted molar refractivity (Wildman–Crippen MR) is 45.6 cm³/mol. The summed E-state index contributed by atoms with van der Waals surface area (Å²) in [6, 6.07) is 0. The zero-order valence-electron chi connectivity index (χ0n) is 7.05. The molecule has 1 aliphatic heterocycles. The Morgan fingerprint density at radius 1 is 1.18 bits per heavy atom. The van der Waals surface area contributed by atoms with Crippen LogP contribution >= 0.6 is 0 Å². The molecule has 3 heteroatoms. The fraction of sp³-hybridized carbons (Fsp3) is 1.00. The number of nitrogens with zero attached hydrogens (tertiary/aromatic N) is 1. The first-order valence-electron chi connectivity index (χ1n) is 4.47. The van der Waals surface area contributed by atoms with Gasteiger partial charge in [0.15, 0.2) is 0 Å². The van der Waals surface area contributed by atoms with Gasteiger partial charge in [-0.1, -0.05) is 0 Å². The van der Waals surface area contributed by atoms with Gasteiger partial charge >= 0.3 is 0 Å². The number of aliphatic hydroxyl groups excluding tert-OH is 1. The summed E-state index contributed by atoms with van der Waals surface area (Å²) in [4.78, 5) is 2.46. The molecule has 1 aliphatic rings. The molecule has 0 saturated carbocycles. The van der Waals surface area contributed by atoms with Gasteiger partial charge in [0.1, 0.15) is 0 Å². The van der Waals surface area contributed by atoms with Gasteiger partial charge in [-0.25, -0.2) is 0 Å². The van der Waals surface area contributed by atoms with Gasteiger partial charge in [-0.2, -0.15) is 0 Å². The molecule has 0 radical (unpaired) electrons. The normalized spacial score (nSPS) is 19.4. The maximum Gasteiger partial charge on any atom is 0.0555 e. The molecule has 11 heavy (non-hydrogen) atoms. The summed E-state index contributed by atoms with van der Waals surface area (Å²) in [6.07, 6.45) is 2.72. The topological polar surface area (TPSA) is 35.5 Å². The van der Waals surface area contributed by atoms with Crippen molar-refractivity contribution in [2.45, 2.75) is 12.8 Å². The number of hydrogen-bond acceptors (Lipinski definition) is 3. The Morgan fingerprint density at radius 2 is 1.91 bits per heavy atom. The van der Waals surface area contributed by atoms with E-state index in [1.54, 1.807) is 0 Å². The van der Waals surface area contributed by atoms with E-state index in [2.05, 4.69) is 10.2 Å². The smallest absolute Gasteiger partial charge is 0.0555 e. The fourth-order valence-electron chi connectivity index (χ4n) is 1.45.